The lowest BCUT2D eigenvalue weighted by molar-refractivity contribution is 1.26. The van der Waals surface area contributed by atoms with Crippen molar-refractivity contribution in [1.29, 1.82) is 5.26 Å². The smallest absolute Gasteiger partial charge is 0.0669 e. The molecule has 0 aliphatic rings. The minimum atomic E-state index is 0.308. The maximum Gasteiger partial charge on any atom is 0.0669 e. The Kier molecular flexibility index (Phi) is 4.60. The number of halogens is 4. The van der Waals surface area contributed by atoms with E-state index in [2.05, 4.69) is 6.07 Å². The first-order valence-electron chi connectivity index (χ1n) is 5.33. The van der Waals surface area contributed by atoms with E-state index in [0.29, 0.717) is 32.1 Å². The van der Waals surface area contributed by atoms with Crippen LogP contribution in [0.3, 0.4) is 0 Å². The van der Waals surface area contributed by atoms with Crippen LogP contribution in [-0.4, -0.2) is 0 Å². The molecule has 5 heteroatoms. The zero-order chi connectivity index (χ0) is 14.0. The zero-order valence-corrected chi connectivity index (χ0v) is 12.6. The number of nitriles is 1. The van der Waals surface area contributed by atoms with Gasteiger partial charge in [0.2, 0.25) is 0 Å². The number of hydrogen-bond acceptors (Lipinski definition) is 1. The SMILES string of the molecule is N#CCc1ccc(-c2c(Cl)cc(Cl)cc2Cl)c(Cl)c1. The molecule has 0 saturated heterocycles. The van der Waals surface area contributed by atoms with E-state index >= 15 is 0 Å². The van der Waals surface area contributed by atoms with Crippen molar-refractivity contribution in [1.82, 2.24) is 0 Å². The molecule has 0 N–H and O–H groups in total. The minimum Gasteiger partial charge on any atom is -0.198 e. The van der Waals surface area contributed by atoms with Crippen molar-refractivity contribution in [2.45, 2.75) is 6.42 Å². The molecule has 19 heavy (non-hydrogen) atoms. The predicted molar refractivity (Wildman–Crippen MR) is 81.2 cm³/mol. The minimum absolute atomic E-state index is 0.308. The van der Waals surface area contributed by atoms with Crippen LogP contribution in [0, 0.1) is 11.3 Å². The Labute approximate surface area is 131 Å². The van der Waals surface area contributed by atoms with E-state index < -0.39 is 0 Å². The summed E-state index contributed by atoms with van der Waals surface area (Å²) in [7, 11) is 0. The number of hydrogen-bond donors (Lipinski definition) is 0. The standard InChI is InChI=1S/C14H7Cl4N/c15-9-6-12(17)14(13(18)7-9)10-2-1-8(3-4-19)5-11(10)16/h1-2,5-7H,3H2. The largest absolute Gasteiger partial charge is 0.198 e. The van der Waals surface area contributed by atoms with Crippen molar-refractivity contribution in [3.8, 4) is 17.2 Å². The summed E-state index contributed by atoms with van der Waals surface area (Å²) in [6.07, 6.45) is 0.308. The average Bonchev–Trinajstić information content (AvgIpc) is 2.31. The Balaban J connectivity index is 2.57. The highest BCUT2D eigenvalue weighted by Gasteiger charge is 2.13. The molecule has 0 saturated carbocycles. The Morgan fingerprint density at radius 3 is 2.05 bits per heavy atom. The summed E-state index contributed by atoms with van der Waals surface area (Å²) in [6, 6.07) is 10.7. The summed E-state index contributed by atoms with van der Waals surface area (Å²) in [4.78, 5) is 0. The van der Waals surface area contributed by atoms with Gasteiger partial charge in [0.05, 0.1) is 22.5 Å². The maximum absolute atomic E-state index is 8.67. The van der Waals surface area contributed by atoms with Crippen LogP contribution in [0.15, 0.2) is 30.3 Å². The average molecular weight is 331 g/mol. The van der Waals surface area contributed by atoms with Gasteiger partial charge in [-0.25, -0.2) is 0 Å². The molecular formula is C14H7Cl4N. The van der Waals surface area contributed by atoms with E-state index in [9.17, 15) is 0 Å². The van der Waals surface area contributed by atoms with Crippen LogP contribution in [0.4, 0.5) is 0 Å². The lowest BCUT2D eigenvalue weighted by atomic mass is 10.0. The Morgan fingerprint density at radius 1 is 0.895 bits per heavy atom. The van der Waals surface area contributed by atoms with Crippen LogP contribution in [0.1, 0.15) is 5.56 Å². The summed E-state index contributed by atoms with van der Waals surface area (Å²) in [5.41, 5.74) is 2.20. The molecule has 0 fully saturated rings. The van der Waals surface area contributed by atoms with Gasteiger partial charge in [0, 0.05) is 21.2 Å². The number of rotatable bonds is 2. The second kappa shape index (κ2) is 6.03. The highest BCUT2D eigenvalue weighted by atomic mass is 35.5. The van der Waals surface area contributed by atoms with Gasteiger partial charge in [-0.15, -0.1) is 0 Å². The van der Waals surface area contributed by atoms with Crippen LogP contribution in [0.25, 0.3) is 11.1 Å². The molecule has 2 aromatic rings. The van der Waals surface area contributed by atoms with Gasteiger partial charge in [-0.3, -0.25) is 0 Å². The topological polar surface area (TPSA) is 23.8 Å². The molecule has 2 rings (SSSR count). The first kappa shape index (κ1) is 14.5. The van der Waals surface area contributed by atoms with Crippen molar-refractivity contribution in [2.24, 2.45) is 0 Å². The monoisotopic (exact) mass is 329 g/mol. The summed E-state index contributed by atoms with van der Waals surface area (Å²) in [6.45, 7) is 0. The maximum atomic E-state index is 8.67. The lowest BCUT2D eigenvalue weighted by Crippen LogP contribution is -1.87. The molecule has 0 unspecified atom stereocenters. The summed E-state index contributed by atoms with van der Waals surface area (Å²) >= 11 is 24.4. The van der Waals surface area contributed by atoms with E-state index in [1.807, 2.05) is 6.07 Å². The summed E-state index contributed by atoms with van der Waals surface area (Å²) in [5.74, 6) is 0. The fourth-order valence-electron chi connectivity index (χ4n) is 1.76. The van der Waals surface area contributed by atoms with Crippen LogP contribution in [-0.2, 0) is 6.42 Å². The molecule has 0 amide bonds. The fraction of sp³-hybridized carbons (Fsp3) is 0.0714. The number of nitrogens with zero attached hydrogens (tertiary/aromatic N) is 1. The highest BCUT2D eigenvalue weighted by molar-refractivity contribution is 6.43. The first-order chi connectivity index (χ1) is 9.02. The van der Waals surface area contributed by atoms with Crippen LogP contribution >= 0.6 is 46.4 Å². The fourth-order valence-corrected chi connectivity index (χ4v) is 3.08. The predicted octanol–water partition coefficient (Wildman–Crippen LogP) is 6.03. The third kappa shape index (κ3) is 3.16. The van der Waals surface area contributed by atoms with E-state index in [4.69, 9.17) is 51.7 Å². The molecule has 0 heterocycles. The molecule has 0 atom stereocenters. The molecule has 0 aliphatic heterocycles. The first-order valence-corrected chi connectivity index (χ1v) is 6.84. The van der Waals surface area contributed by atoms with E-state index in [1.165, 1.54) is 0 Å². The molecule has 96 valence electrons. The second-order valence-electron chi connectivity index (χ2n) is 3.89. The molecule has 2 aromatic carbocycles. The van der Waals surface area contributed by atoms with Crippen molar-refractivity contribution >= 4 is 46.4 Å². The normalized spacial score (nSPS) is 10.3. The zero-order valence-electron chi connectivity index (χ0n) is 9.55. The van der Waals surface area contributed by atoms with Crippen LogP contribution < -0.4 is 0 Å². The third-order valence-corrected chi connectivity index (χ3v) is 3.72. The second-order valence-corrected chi connectivity index (χ2v) is 5.55. The Hall–Kier alpha value is -0.910. The molecular weight excluding hydrogens is 324 g/mol. The molecule has 0 aromatic heterocycles. The highest BCUT2D eigenvalue weighted by Crippen LogP contribution is 2.40. The van der Waals surface area contributed by atoms with E-state index in [1.54, 1.807) is 24.3 Å². The molecule has 0 aliphatic carbocycles. The van der Waals surface area contributed by atoms with Gasteiger partial charge in [0.25, 0.3) is 0 Å². The van der Waals surface area contributed by atoms with Crippen molar-refractivity contribution in [2.75, 3.05) is 0 Å². The van der Waals surface area contributed by atoms with E-state index in [0.717, 1.165) is 11.1 Å². The van der Waals surface area contributed by atoms with Gasteiger partial charge < -0.3 is 0 Å². The van der Waals surface area contributed by atoms with Gasteiger partial charge >= 0.3 is 0 Å². The van der Waals surface area contributed by atoms with Crippen molar-refractivity contribution in [3.05, 3.63) is 56.0 Å². The van der Waals surface area contributed by atoms with Crippen molar-refractivity contribution in [3.63, 3.8) is 0 Å². The summed E-state index contributed by atoms with van der Waals surface area (Å²) in [5, 5.41) is 10.5. The lowest BCUT2D eigenvalue weighted by Gasteiger charge is -2.10. The Bertz CT molecular complexity index is 651. The molecule has 1 nitrogen and oxygen atoms in total. The van der Waals surface area contributed by atoms with Gasteiger partial charge in [0.1, 0.15) is 0 Å². The van der Waals surface area contributed by atoms with Gasteiger partial charge in [0.15, 0.2) is 0 Å². The van der Waals surface area contributed by atoms with Crippen LogP contribution in [0.2, 0.25) is 20.1 Å². The van der Waals surface area contributed by atoms with Crippen molar-refractivity contribution < 1.29 is 0 Å². The van der Waals surface area contributed by atoms with E-state index in [-0.39, 0.29) is 0 Å². The van der Waals surface area contributed by atoms with Gasteiger partial charge in [-0.2, -0.15) is 5.26 Å². The third-order valence-electron chi connectivity index (χ3n) is 2.59. The molecule has 0 bridgehead atoms. The summed E-state index contributed by atoms with van der Waals surface area (Å²) < 4.78 is 0. The molecule has 0 spiro atoms. The van der Waals surface area contributed by atoms with Gasteiger partial charge in [-0.05, 0) is 23.8 Å². The van der Waals surface area contributed by atoms with Crippen LogP contribution in [0.5, 0.6) is 0 Å². The quantitative estimate of drug-likeness (QED) is 0.659. The molecule has 0 radical (unpaired) electrons. The Morgan fingerprint density at radius 2 is 1.53 bits per heavy atom. The number of benzene rings is 2. The van der Waals surface area contributed by atoms with Gasteiger partial charge in [-0.1, -0.05) is 58.5 Å².